The van der Waals surface area contributed by atoms with Gasteiger partial charge in [-0.05, 0) is 171 Å². The van der Waals surface area contributed by atoms with Crippen molar-refractivity contribution in [3.05, 3.63) is 320 Å². The molecular formula is C102H77BN6O2. The Morgan fingerprint density at radius 2 is 0.577 bits per heavy atom. The monoisotopic (exact) mass is 1430 g/mol. The summed E-state index contributed by atoms with van der Waals surface area (Å²) in [6.45, 7) is 20.8. The molecule has 111 heavy (non-hydrogen) atoms. The van der Waals surface area contributed by atoms with E-state index in [1.54, 1.807) is 0 Å². The SMILES string of the molecule is CC(C)(C)c1cccc(-n2c3cc4oc5ccccc5c4cc3c3cccc(N4c5cc(-n6c7ccccc7c7ccccc76)ccc5B5c6ccc(-n7c8ccccc8c8ccccc87)cc6N(c6cccc7c8cc9c(cc8n(-c8cccc(C(C)(C)C)c8)c67)oc6ccccc69)c6cc(C(C)(C)C)cc4c65)c32)c1. The van der Waals surface area contributed by atoms with Gasteiger partial charge in [0.15, 0.2) is 0 Å². The van der Waals surface area contributed by atoms with Crippen LogP contribution in [0.1, 0.15) is 79.0 Å². The van der Waals surface area contributed by atoms with Crippen molar-refractivity contribution < 1.29 is 8.83 Å². The van der Waals surface area contributed by atoms with Crippen molar-refractivity contribution in [2.75, 3.05) is 9.80 Å². The van der Waals surface area contributed by atoms with E-state index < -0.39 is 0 Å². The minimum Gasteiger partial charge on any atom is -0.456 e. The Bertz CT molecular complexity index is 7090. The largest absolute Gasteiger partial charge is 0.456 e. The van der Waals surface area contributed by atoms with Gasteiger partial charge in [0, 0.05) is 122 Å². The van der Waals surface area contributed by atoms with E-state index in [-0.39, 0.29) is 23.0 Å². The normalized spacial score (nSPS) is 13.4. The molecule has 0 saturated carbocycles. The Morgan fingerprint density at radius 3 is 0.973 bits per heavy atom. The third kappa shape index (κ3) is 9.12. The number of fused-ring (bicyclic) bond motifs is 22. The van der Waals surface area contributed by atoms with Crippen LogP contribution in [0.4, 0.5) is 34.1 Å². The van der Waals surface area contributed by atoms with Gasteiger partial charge in [0.05, 0.1) is 55.5 Å². The molecule has 2 aliphatic heterocycles. The Balaban J connectivity index is 0.882. The van der Waals surface area contributed by atoms with Crippen molar-refractivity contribution in [1.29, 1.82) is 0 Å². The van der Waals surface area contributed by atoms with Crippen LogP contribution in [0.15, 0.2) is 312 Å². The first-order chi connectivity index (χ1) is 54.0. The lowest BCUT2D eigenvalue weighted by molar-refractivity contribution is 0.589. The fourth-order valence-electron chi connectivity index (χ4n) is 19.2. The van der Waals surface area contributed by atoms with Gasteiger partial charge in [-0.2, -0.15) is 0 Å². The third-order valence-electron chi connectivity index (χ3n) is 24.5. The highest BCUT2D eigenvalue weighted by molar-refractivity contribution is 7.00. The number of aromatic nitrogens is 4. The summed E-state index contributed by atoms with van der Waals surface area (Å²) < 4.78 is 23.9. The van der Waals surface area contributed by atoms with E-state index in [1.165, 1.54) is 54.6 Å². The number of hydrogen-bond donors (Lipinski definition) is 0. The van der Waals surface area contributed by atoms with Gasteiger partial charge in [0.1, 0.15) is 22.3 Å². The predicted molar refractivity (Wildman–Crippen MR) is 468 cm³/mol. The van der Waals surface area contributed by atoms with Gasteiger partial charge in [0.25, 0.3) is 6.71 Å². The van der Waals surface area contributed by atoms with Crippen LogP contribution in [-0.2, 0) is 16.2 Å². The number of hydrogen-bond acceptors (Lipinski definition) is 4. The summed E-state index contributed by atoms with van der Waals surface area (Å²) in [5, 5.41) is 13.9. The van der Waals surface area contributed by atoms with Crippen LogP contribution in [0.25, 0.3) is 154 Å². The fraction of sp³-hybridized carbons (Fsp3) is 0.118. The molecule has 2 aliphatic rings. The first-order valence-electron chi connectivity index (χ1n) is 39.0. The lowest BCUT2D eigenvalue weighted by atomic mass is 9.33. The van der Waals surface area contributed by atoms with Gasteiger partial charge < -0.3 is 36.9 Å². The third-order valence-corrected chi connectivity index (χ3v) is 24.5. The number of nitrogens with zero attached hydrogens (tertiary/aromatic N) is 6. The summed E-state index contributed by atoms with van der Waals surface area (Å²) in [6, 6.07) is 115. The molecule has 0 aliphatic carbocycles. The van der Waals surface area contributed by atoms with E-state index >= 15 is 0 Å². The molecule has 0 N–H and O–H groups in total. The first-order valence-corrected chi connectivity index (χ1v) is 39.0. The molecule has 0 fully saturated rings. The van der Waals surface area contributed by atoms with Gasteiger partial charge in [-0.25, -0.2) is 0 Å². The minimum atomic E-state index is -0.356. The van der Waals surface area contributed by atoms with Crippen molar-refractivity contribution in [2.45, 2.75) is 78.6 Å². The number of benzene rings is 15. The average molecular weight is 1430 g/mol. The fourth-order valence-corrected chi connectivity index (χ4v) is 19.2. The maximum Gasteiger partial charge on any atom is 0.252 e. The zero-order chi connectivity index (χ0) is 74.4. The molecule has 21 aromatic rings. The summed E-state index contributed by atoms with van der Waals surface area (Å²) in [4.78, 5) is 5.37. The first kappa shape index (κ1) is 63.8. The van der Waals surface area contributed by atoms with E-state index in [0.717, 1.165) is 166 Å². The van der Waals surface area contributed by atoms with E-state index in [1.807, 2.05) is 0 Å². The Kier molecular flexibility index (Phi) is 13.0. The highest BCUT2D eigenvalue weighted by atomic mass is 16.3. The van der Waals surface area contributed by atoms with Crippen molar-refractivity contribution in [2.24, 2.45) is 0 Å². The quantitative estimate of drug-likeness (QED) is 0.156. The van der Waals surface area contributed by atoms with Gasteiger partial charge in [-0.1, -0.05) is 232 Å². The smallest absolute Gasteiger partial charge is 0.252 e. The number of furan rings is 2. The molecule has 0 saturated heterocycles. The zero-order valence-corrected chi connectivity index (χ0v) is 63.4. The van der Waals surface area contributed by atoms with Crippen LogP contribution in [0, 0.1) is 0 Å². The van der Waals surface area contributed by atoms with Crippen molar-refractivity contribution >= 4 is 188 Å². The molecule has 0 bridgehead atoms. The minimum absolute atomic E-state index is 0.137. The number of para-hydroxylation sites is 8. The molecule has 8 heterocycles. The van der Waals surface area contributed by atoms with Crippen LogP contribution in [0.2, 0.25) is 0 Å². The summed E-state index contributed by atoms with van der Waals surface area (Å²) in [6.07, 6.45) is 0. The molecule has 0 radical (unpaired) electrons. The maximum absolute atomic E-state index is 6.89. The standard InChI is InChI=1S/C102H77BN6O2/c1-100(2,3)60-26-22-28-63(50-60)106-87-58-95-77(71-34-14-20-44-93(71)110-95)56-75(87)73-36-24-42-85(98(73)106)108-89-54-65(104-81-38-16-10-30-67(81)68-31-11-17-39-82(68)104)46-48-79(89)103-80-49-47-66(105-83-40-18-12-32-69(83)70-33-13-19-41-84(70)105)55-90(80)109(92-53-62(102(7,8)9)52-91(108)97(92)103)86-43-25-37-74-76-57-78-72-35-15-21-45-94(72)111-96(78)59-88(76)107(99(74)86)64-29-23-27-61(51-64)101(4,5)6/h10-59H,1-9H3. The van der Waals surface area contributed by atoms with E-state index in [0.29, 0.717) is 0 Å². The van der Waals surface area contributed by atoms with Gasteiger partial charge in [-0.3, -0.25) is 0 Å². The summed E-state index contributed by atoms with van der Waals surface area (Å²) in [5.74, 6) is 0. The summed E-state index contributed by atoms with van der Waals surface area (Å²) >= 11 is 0. The highest BCUT2D eigenvalue weighted by Gasteiger charge is 2.46. The molecule has 6 aromatic heterocycles. The van der Waals surface area contributed by atoms with Crippen molar-refractivity contribution in [3.63, 3.8) is 0 Å². The Labute approximate surface area is 642 Å². The second-order valence-electron chi connectivity index (χ2n) is 34.1. The van der Waals surface area contributed by atoms with E-state index in [2.05, 4.69) is 394 Å². The Morgan fingerprint density at radius 1 is 0.225 bits per heavy atom. The Hall–Kier alpha value is -13.2. The second-order valence-corrected chi connectivity index (χ2v) is 34.1. The molecule has 0 spiro atoms. The maximum atomic E-state index is 6.89. The molecule has 0 atom stereocenters. The van der Waals surface area contributed by atoms with Crippen LogP contribution in [-0.4, -0.2) is 25.0 Å². The summed E-state index contributed by atoms with van der Waals surface area (Å²) in [5.41, 5.74) is 30.1. The van der Waals surface area contributed by atoms with Crippen LogP contribution in [0.5, 0.6) is 0 Å². The van der Waals surface area contributed by atoms with Gasteiger partial charge in [-0.15, -0.1) is 0 Å². The van der Waals surface area contributed by atoms with Crippen LogP contribution in [0.3, 0.4) is 0 Å². The lowest BCUT2D eigenvalue weighted by Gasteiger charge is -2.45. The zero-order valence-electron chi connectivity index (χ0n) is 63.4. The van der Waals surface area contributed by atoms with Crippen molar-refractivity contribution in [1.82, 2.24) is 18.3 Å². The average Bonchev–Trinajstić information content (AvgIpc) is 0.920. The molecule has 530 valence electrons. The summed E-state index contributed by atoms with van der Waals surface area (Å²) in [7, 11) is 0. The molecule has 9 heteroatoms. The van der Waals surface area contributed by atoms with Gasteiger partial charge in [0.2, 0.25) is 0 Å². The van der Waals surface area contributed by atoms with Crippen molar-refractivity contribution in [3.8, 4) is 22.7 Å². The molecule has 0 amide bonds. The number of rotatable bonds is 6. The van der Waals surface area contributed by atoms with Crippen LogP contribution >= 0.6 is 0 Å². The number of anilines is 6. The molecule has 0 unspecified atom stereocenters. The molecule has 23 rings (SSSR count). The predicted octanol–water partition coefficient (Wildman–Crippen LogP) is 25.8. The molecule has 8 nitrogen and oxygen atoms in total. The van der Waals surface area contributed by atoms with E-state index in [4.69, 9.17) is 8.83 Å². The van der Waals surface area contributed by atoms with E-state index in [9.17, 15) is 0 Å². The van der Waals surface area contributed by atoms with Gasteiger partial charge >= 0.3 is 0 Å². The molecular weight excluding hydrogens is 1350 g/mol. The topological polar surface area (TPSA) is 52.5 Å². The highest BCUT2D eigenvalue weighted by Crippen LogP contribution is 2.54. The molecule has 15 aromatic carbocycles. The second kappa shape index (κ2) is 22.7. The van der Waals surface area contributed by atoms with Crippen LogP contribution < -0.4 is 26.2 Å². The lowest BCUT2D eigenvalue weighted by Crippen LogP contribution is -2.61.